The molecule has 2 N–H and O–H groups in total. The maximum Gasteiger partial charge on any atom is 0.191 e. The van der Waals surface area contributed by atoms with E-state index in [1.807, 2.05) is 13.1 Å². The fourth-order valence-electron chi connectivity index (χ4n) is 3.77. The maximum absolute atomic E-state index is 5.68. The first-order chi connectivity index (χ1) is 14.8. The van der Waals surface area contributed by atoms with Gasteiger partial charge < -0.3 is 29.7 Å². The molecular weight excluding hydrogens is 392 g/mol. The van der Waals surface area contributed by atoms with E-state index in [0.29, 0.717) is 12.1 Å². The summed E-state index contributed by atoms with van der Waals surface area (Å²) >= 11 is 0. The van der Waals surface area contributed by atoms with Crippen molar-refractivity contribution >= 4 is 5.96 Å². The average molecular weight is 435 g/mol. The van der Waals surface area contributed by atoms with Crippen molar-refractivity contribution in [3.63, 3.8) is 0 Å². The number of methoxy groups -OCH3 is 2. The van der Waals surface area contributed by atoms with E-state index in [2.05, 4.69) is 60.4 Å². The Morgan fingerprint density at radius 2 is 1.84 bits per heavy atom. The summed E-state index contributed by atoms with van der Waals surface area (Å²) in [7, 11) is 5.16. The van der Waals surface area contributed by atoms with E-state index in [1.54, 1.807) is 14.2 Å². The van der Waals surface area contributed by atoms with Gasteiger partial charge in [-0.25, -0.2) is 0 Å². The summed E-state index contributed by atoms with van der Waals surface area (Å²) in [6, 6.07) is 6.55. The van der Waals surface area contributed by atoms with E-state index in [4.69, 9.17) is 14.2 Å². The van der Waals surface area contributed by atoms with Crippen LogP contribution in [0.5, 0.6) is 11.5 Å². The van der Waals surface area contributed by atoms with Crippen molar-refractivity contribution in [3.05, 3.63) is 23.8 Å². The van der Waals surface area contributed by atoms with Crippen LogP contribution in [0.3, 0.4) is 0 Å². The third kappa shape index (κ3) is 7.89. The molecular formula is C24H42N4O3. The second kappa shape index (κ2) is 12.2. The van der Waals surface area contributed by atoms with Crippen LogP contribution in [-0.4, -0.2) is 77.1 Å². The predicted octanol–water partition coefficient (Wildman–Crippen LogP) is 3.04. The normalized spacial score (nSPS) is 16.5. The first-order valence-electron chi connectivity index (χ1n) is 11.3. The Labute approximate surface area is 188 Å². The van der Waals surface area contributed by atoms with Gasteiger partial charge in [0.25, 0.3) is 0 Å². The largest absolute Gasteiger partial charge is 0.493 e. The third-order valence-corrected chi connectivity index (χ3v) is 5.87. The average Bonchev–Trinajstić information content (AvgIpc) is 2.76. The summed E-state index contributed by atoms with van der Waals surface area (Å²) in [4.78, 5) is 6.93. The Balaban J connectivity index is 1.83. The van der Waals surface area contributed by atoms with Crippen LogP contribution in [0, 0.1) is 0 Å². The first kappa shape index (κ1) is 25.3. The molecule has 0 unspecified atom stereocenters. The number of likely N-dealkylation sites (tertiary alicyclic amines) is 1. The topological polar surface area (TPSA) is 67.4 Å². The highest BCUT2D eigenvalue weighted by molar-refractivity contribution is 5.80. The van der Waals surface area contributed by atoms with Gasteiger partial charge in [-0.3, -0.25) is 4.99 Å². The molecule has 0 saturated carbocycles. The Bertz CT molecular complexity index is 698. The molecule has 0 radical (unpaired) electrons. The van der Waals surface area contributed by atoms with E-state index >= 15 is 0 Å². The molecule has 7 heteroatoms. The van der Waals surface area contributed by atoms with Crippen LogP contribution in [0.2, 0.25) is 0 Å². The van der Waals surface area contributed by atoms with Crippen molar-refractivity contribution in [2.45, 2.75) is 58.1 Å². The second-order valence-corrected chi connectivity index (χ2v) is 9.06. The van der Waals surface area contributed by atoms with Crippen LogP contribution in [0.1, 0.15) is 46.1 Å². The molecule has 0 bridgehead atoms. The van der Waals surface area contributed by atoms with Crippen molar-refractivity contribution in [3.8, 4) is 11.5 Å². The summed E-state index contributed by atoms with van der Waals surface area (Å²) < 4.78 is 16.5. The van der Waals surface area contributed by atoms with Gasteiger partial charge in [-0.05, 0) is 44.4 Å². The summed E-state index contributed by atoms with van der Waals surface area (Å²) in [5.41, 5.74) is 1.08. The molecule has 1 aliphatic rings. The van der Waals surface area contributed by atoms with E-state index in [-0.39, 0.29) is 5.41 Å². The number of ether oxygens (including phenoxy) is 3. The van der Waals surface area contributed by atoms with Crippen molar-refractivity contribution in [2.24, 2.45) is 4.99 Å². The molecule has 1 aromatic rings. The lowest BCUT2D eigenvalue weighted by Crippen LogP contribution is -2.50. The van der Waals surface area contributed by atoms with Gasteiger partial charge in [-0.2, -0.15) is 0 Å². The van der Waals surface area contributed by atoms with Gasteiger partial charge in [-0.15, -0.1) is 0 Å². The van der Waals surface area contributed by atoms with Gasteiger partial charge >= 0.3 is 0 Å². The number of nitrogens with one attached hydrogen (secondary N) is 2. The summed E-state index contributed by atoms with van der Waals surface area (Å²) in [5.74, 6) is 2.35. The number of nitrogens with zero attached hydrogens (tertiary/aromatic N) is 2. The van der Waals surface area contributed by atoms with Crippen molar-refractivity contribution < 1.29 is 14.2 Å². The van der Waals surface area contributed by atoms with Gasteiger partial charge in [0.15, 0.2) is 17.5 Å². The number of hydrogen-bond acceptors (Lipinski definition) is 5. The zero-order valence-corrected chi connectivity index (χ0v) is 20.5. The molecule has 2 rings (SSSR count). The van der Waals surface area contributed by atoms with Crippen LogP contribution in [0.25, 0.3) is 0 Å². The molecule has 0 aromatic heterocycles. The third-order valence-electron chi connectivity index (χ3n) is 5.87. The van der Waals surface area contributed by atoms with Crippen molar-refractivity contribution in [2.75, 3.05) is 54.1 Å². The minimum Gasteiger partial charge on any atom is -0.493 e. The molecule has 0 aliphatic carbocycles. The highest BCUT2D eigenvalue weighted by Gasteiger charge is 2.24. The van der Waals surface area contributed by atoms with Gasteiger partial charge in [0.2, 0.25) is 0 Å². The van der Waals surface area contributed by atoms with Crippen molar-refractivity contribution in [1.82, 2.24) is 15.5 Å². The Morgan fingerprint density at radius 1 is 1.16 bits per heavy atom. The molecule has 1 aliphatic heterocycles. The lowest BCUT2D eigenvalue weighted by atomic mass is 9.84. The maximum atomic E-state index is 5.68. The van der Waals surface area contributed by atoms with E-state index in [9.17, 15) is 0 Å². The van der Waals surface area contributed by atoms with Crippen LogP contribution < -0.4 is 20.1 Å². The van der Waals surface area contributed by atoms with Gasteiger partial charge in [0.1, 0.15) is 0 Å². The van der Waals surface area contributed by atoms with Crippen LogP contribution in [-0.2, 0) is 10.2 Å². The van der Waals surface area contributed by atoms with Crippen LogP contribution in [0.4, 0.5) is 0 Å². The smallest absolute Gasteiger partial charge is 0.191 e. The number of guanidine groups is 1. The standard InChI is InChI=1S/C24H42N4O3/c1-18(2)31-15-14-28-12-10-20(11-13-28)27-23(25-5)26-17-24(3,4)19-8-9-21(29-6)22(16-19)30-7/h8-9,16,18,20H,10-15,17H2,1-7H3,(H2,25,26,27). The monoisotopic (exact) mass is 434 g/mol. The van der Waals surface area contributed by atoms with E-state index in [0.717, 1.165) is 63.1 Å². The minimum atomic E-state index is -0.100. The lowest BCUT2D eigenvalue weighted by Gasteiger charge is -2.34. The van der Waals surface area contributed by atoms with Crippen molar-refractivity contribution in [1.29, 1.82) is 0 Å². The molecule has 0 atom stereocenters. The van der Waals surface area contributed by atoms with E-state index in [1.165, 1.54) is 5.56 Å². The SMILES string of the molecule is CN=C(NCC(C)(C)c1ccc(OC)c(OC)c1)NC1CCN(CCOC(C)C)CC1. The second-order valence-electron chi connectivity index (χ2n) is 9.06. The summed E-state index contributed by atoms with van der Waals surface area (Å²) in [6.45, 7) is 13.4. The molecule has 1 aromatic carbocycles. The quantitative estimate of drug-likeness (QED) is 0.436. The zero-order chi connectivity index (χ0) is 22.9. The molecule has 7 nitrogen and oxygen atoms in total. The van der Waals surface area contributed by atoms with Gasteiger partial charge in [-0.1, -0.05) is 19.9 Å². The predicted molar refractivity (Wildman–Crippen MR) is 128 cm³/mol. The summed E-state index contributed by atoms with van der Waals surface area (Å²) in [5, 5.41) is 7.11. The zero-order valence-electron chi connectivity index (χ0n) is 20.5. The molecule has 0 spiro atoms. The lowest BCUT2D eigenvalue weighted by molar-refractivity contribution is 0.0532. The van der Waals surface area contributed by atoms with Gasteiger partial charge in [0.05, 0.1) is 26.9 Å². The molecule has 176 valence electrons. The Kier molecular flexibility index (Phi) is 9.91. The number of benzene rings is 1. The highest BCUT2D eigenvalue weighted by atomic mass is 16.5. The Hall–Kier alpha value is -1.99. The Morgan fingerprint density at radius 3 is 2.42 bits per heavy atom. The minimum absolute atomic E-state index is 0.100. The fraction of sp³-hybridized carbons (Fsp3) is 0.708. The molecule has 1 heterocycles. The van der Waals surface area contributed by atoms with Gasteiger partial charge in [0, 0.05) is 44.7 Å². The molecule has 1 fully saturated rings. The highest BCUT2D eigenvalue weighted by Crippen LogP contribution is 2.32. The number of hydrogen-bond donors (Lipinski definition) is 2. The number of aliphatic imine (C=N–C) groups is 1. The van der Waals surface area contributed by atoms with Crippen LogP contribution in [0.15, 0.2) is 23.2 Å². The van der Waals surface area contributed by atoms with E-state index < -0.39 is 0 Å². The molecule has 0 amide bonds. The molecule has 31 heavy (non-hydrogen) atoms. The van der Waals surface area contributed by atoms with Crippen LogP contribution >= 0.6 is 0 Å². The number of piperidine rings is 1. The fourth-order valence-corrected chi connectivity index (χ4v) is 3.77. The molecule has 1 saturated heterocycles. The number of rotatable bonds is 10. The first-order valence-corrected chi connectivity index (χ1v) is 11.3. The summed E-state index contributed by atoms with van der Waals surface area (Å²) in [6.07, 6.45) is 2.53.